The van der Waals surface area contributed by atoms with Gasteiger partial charge in [0.2, 0.25) is 0 Å². The van der Waals surface area contributed by atoms with Crippen molar-refractivity contribution in [1.29, 1.82) is 0 Å². The highest BCUT2D eigenvalue weighted by Crippen LogP contribution is 2.29. The molecular weight excluding hydrogens is 450 g/mol. The lowest BCUT2D eigenvalue weighted by atomic mass is 10.3. The van der Waals surface area contributed by atoms with E-state index in [1.165, 1.54) is 22.5 Å². The highest BCUT2D eigenvalue weighted by atomic mass is 32.1. The number of amides is 2. The van der Waals surface area contributed by atoms with E-state index in [1.807, 2.05) is 31.2 Å². The highest BCUT2D eigenvalue weighted by Gasteiger charge is 2.22. The molecule has 4 rings (SSSR count). The van der Waals surface area contributed by atoms with Gasteiger partial charge in [0, 0.05) is 6.54 Å². The van der Waals surface area contributed by atoms with Crippen molar-refractivity contribution in [2.75, 3.05) is 23.4 Å². The van der Waals surface area contributed by atoms with Crippen LogP contribution in [0.15, 0.2) is 53.1 Å². The number of benzene rings is 1. The molecule has 0 atom stereocenters. The second-order valence-corrected chi connectivity index (χ2v) is 8.79. The number of furan rings is 1. The first kappa shape index (κ1) is 21.7. The molecule has 0 unspecified atom stereocenters. The Morgan fingerprint density at radius 2 is 1.97 bits per heavy atom. The minimum Gasteiger partial charge on any atom is -0.459 e. The molecule has 8 nitrogen and oxygen atoms in total. The van der Waals surface area contributed by atoms with Crippen molar-refractivity contribution in [3.63, 3.8) is 0 Å². The van der Waals surface area contributed by atoms with Crippen molar-refractivity contribution in [1.82, 2.24) is 4.98 Å². The number of rotatable bonds is 7. The summed E-state index contributed by atoms with van der Waals surface area (Å²) in [5, 5.41) is 3.72. The third kappa shape index (κ3) is 4.56. The minimum absolute atomic E-state index is 0.167. The van der Waals surface area contributed by atoms with Gasteiger partial charge in [-0.25, -0.2) is 9.78 Å². The molecule has 32 heavy (non-hydrogen) atoms. The van der Waals surface area contributed by atoms with Crippen molar-refractivity contribution in [2.45, 2.75) is 13.8 Å². The van der Waals surface area contributed by atoms with E-state index in [-0.39, 0.29) is 11.7 Å². The number of nitrogens with one attached hydrogen (secondary N) is 1. The summed E-state index contributed by atoms with van der Waals surface area (Å²) in [7, 11) is 0. The number of esters is 1. The fourth-order valence-corrected chi connectivity index (χ4v) is 5.00. The molecule has 1 aromatic carbocycles. The number of aromatic nitrogens is 1. The van der Waals surface area contributed by atoms with Gasteiger partial charge < -0.3 is 14.5 Å². The lowest BCUT2D eigenvalue weighted by molar-refractivity contribution is -0.121. The quantitative estimate of drug-likeness (QED) is 0.393. The third-order valence-electron chi connectivity index (χ3n) is 4.54. The first-order valence-corrected chi connectivity index (χ1v) is 11.4. The Balaban J connectivity index is 1.39. The van der Waals surface area contributed by atoms with Crippen molar-refractivity contribution >= 4 is 60.8 Å². The SMILES string of the molecule is CCN(C(=O)COC(=O)c1sc(NC(=O)c2ccco2)cc1C)c1nc2ccccc2s1. The van der Waals surface area contributed by atoms with Gasteiger partial charge in [-0.15, -0.1) is 11.3 Å². The molecule has 4 aromatic rings. The van der Waals surface area contributed by atoms with E-state index in [0.29, 0.717) is 27.1 Å². The molecule has 0 aliphatic carbocycles. The number of ether oxygens (including phenoxy) is 1. The summed E-state index contributed by atoms with van der Waals surface area (Å²) in [5.74, 6) is -1.23. The zero-order valence-electron chi connectivity index (χ0n) is 17.3. The minimum atomic E-state index is -0.625. The largest absolute Gasteiger partial charge is 0.459 e. The van der Waals surface area contributed by atoms with Crippen LogP contribution in [-0.4, -0.2) is 35.9 Å². The van der Waals surface area contributed by atoms with E-state index in [4.69, 9.17) is 9.15 Å². The van der Waals surface area contributed by atoms with E-state index in [1.54, 1.807) is 25.1 Å². The van der Waals surface area contributed by atoms with Gasteiger partial charge >= 0.3 is 5.97 Å². The number of hydrogen-bond donors (Lipinski definition) is 1. The van der Waals surface area contributed by atoms with Crippen LogP contribution in [0, 0.1) is 6.92 Å². The Morgan fingerprint density at radius 1 is 1.16 bits per heavy atom. The number of para-hydroxylation sites is 1. The second-order valence-electron chi connectivity index (χ2n) is 6.73. The van der Waals surface area contributed by atoms with E-state index >= 15 is 0 Å². The molecular formula is C22H19N3O5S2. The summed E-state index contributed by atoms with van der Waals surface area (Å²) in [4.78, 5) is 43.7. The number of fused-ring (bicyclic) bond motifs is 1. The summed E-state index contributed by atoms with van der Waals surface area (Å²) >= 11 is 2.48. The monoisotopic (exact) mass is 469 g/mol. The maximum Gasteiger partial charge on any atom is 0.349 e. The number of carbonyl (C=O) groups excluding carboxylic acids is 3. The standard InChI is InChI=1S/C22H19N3O5S2/c1-3-25(22-23-14-7-4-5-9-16(14)31-22)18(26)12-30-21(28)19-13(2)11-17(32-19)24-20(27)15-8-6-10-29-15/h4-11H,3,12H2,1-2H3,(H,24,27). The van der Waals surface area contributed by atoms with Crippen LogP contribution in [0.4, 0.5) is 10.1 Å². The molecule has 0 radical (unpaired) electrons. The Labute approximate surface area is 191 Å². The topological polar surface area (TPSA) is 102 Å². The van der Waals surface area contributed by atoms with Crippen molar-refractivity contribution in [3.05, 3.63) is 64.9 Å². The number of hydrogen-bond acceptors (Lipinski definition) is 8. The normalized spacial score (nSPS) is 10.8. The van der Waals surface area contributed by atoms with Gasteiger partial charge in [0.25, 0.3) is 11.8 Å². The molecule has 0 spiro atoms. The van der Waals surface area contributed by atoms with Crippen LogP contribution >= 0.6 is 22.7 Å². The van der Waals surface area contributed by atoms with Crippen LogP contribution in [0.1, 0.15) is 32.7 Å². The van der Waals surface area contributed by atoms with E-state index in [9.17, 15) is 14.4 Å². The number of anilines is 2. The van der Waals surface area contributed by atoms with E-state index in [0.717, 1.165) is 21.6 Å². The fraction of sp³-hybridized carbons (Fsp3) is 0.182. The van der Waals surface area contributed by atoms with Gasteiger partial charge in [-0.3, -0.25) is 14.5 Å². The Bertz CT molecular complexity index is 1240. The first-order chi connectivity index (χ1) is 15.5. The van der Waals surface area contributed by atoms with Gasteiger partial charge in [0.15, 0.2) is 17.5 Å². The van der Waals surface area contributed by atoms with Crippen LogP contribution < -0.4 is 10.2 Å². The molecule has 10 heteroatoms. The molecule has 0 saturated carbocycles. The number of aryl methyl sites for hydroxylation is 1. The summed E-state index contributed by atoms with van der Waals surface area (Å²) in [5.41, 5.74) is 1.45. The summed E-state index contributed by atoms with van der Waals surface area (Å²) in [6.07, 6.45) is 1.41. The molecule has 1 N–H and O–H groups in total. The van der Waals surface area contributed by atoms with Crippen molar-refractivity contribution in [2.24, 2.45) is 0 Å². The summed E-state index contributed by atoms with van der Waals surface area (Å²) < 4.78 is 11.3. The first-order valence-electron chi connectivity index (χ1n) is 9.74. The molecule has 0 saturated heterocycles. The van der Waals surface area contributed by atoms with Crippen LogP contribution in [0.3, 0.4) is 0 Å². The number of thiophene rings is 1. The maximum atomic E-state index is 12.7. The Morgan fingerprint density at radius 3 is 2.69 bits per heavy atom. The average Bonchev–Trinajstić information content (AvgIpc) is 3.52. The highest BCUT2D eigenvalue weighted by molar-refractivity contribution is 7.22. The lowest BCUT2D eigenvalue weighted by Gasteiger charge is -2.17. The van der Waals surface area contributed by atoms with Gasteiger partial charge in [0.1, 0.15) is 4.88 Å². The Hall–Kier alpha value is -3.50. The molecule has 3 heterocycles. The van der Waals surface area contributed by atoms with E-state index in [2.05, 4.69) is 10.3 Å². The van der Waals surface area contributed by atoms with Crippen molar-refractivity contribution < 1.29 is 23.5 Å². The zero-order valence-corrected chi connectivity index (χ0v) is 18.9. The maximum absolute atomic E-state index is 12.7. The zero-order chi connectivity index (χ0) is 22.7. The average molecular weight is 470 g/mol. The summed E-state index contributed by atoms with van der Waals surface area (Å²) in [6, 6.07) is 12.5. The van der Waals surface area contributed by atoms with Crippen LogP contribution in [0.2, 0.25) is 0 Å². The number of carbonyl (C=O) groups is 3. The predicted octanol–water partition coefficient (Wildman–Crippen LogP) is 4.72. The number of likely N-dealkylation sites (N-methyl/N-ethyl adjacent to an activating group) is 1. The second kappa shape index (κ2) is 9.33. The molecule has 3 aromatic heterocycles. The number of nitrogens with zero attached hydrogens (tertiary/aromatic N) is 2. The van der Waals surface area contributed by atoms with Gasteiger partial charge in [-0.2, -0.15) is 0 Å². The van der Waals surface area contributed by atoms with Gasteiger partial charge in [-0.1, -0.05) is 23.5 Å². The van der Waals surface area contributed by atoms with Gasteiger partial charge in [-0.05, 0) is 49.7 Å². The van der Waals surface area contributed by atoms with E-state index < -0.39 is 18.5 Å². The van der Waals surface area contributed by atoms with Gasteiger partial charge in [0.05, 0.1) is 21.5 Å². The molecule has 0 fully saturated rings. The van der Waals surface area contributed by atoms with Crippen LogP contribution in [0.5, 0.6) is 0 Å². The third-order valence-corrected chi connectivity index (χ3v) is 6.73. The van der Waals surface area contributed by atoms with Crippen LogP contribution in [-0.2, 0) is 9.53 Å². The molecule has 0 bridgehead atoms. The van der Waals surface area contributed by atoms with Crippen LogP contribution in [0.25, 0.3) is 10.2 Å². The smallest absolute Gasteiger partial charge is 0.349 e. The predicted molar refractivity (Wildman–Crippen MR) is 124 cm³/mol. The molecule has 0 aliphatic rings. The molecule has 164 valence electrons. The fourth-order valence-electron chi connectivity index (χ4n) is 2.99. The Kier molecular flexibility index (Phi) is 6.33. The summed E-state index contributed by atoms with van der Waals surface area (Å²) in [6.45, 7) is 3.56. The lowest BCUT2D eigenvalue weighted by Crippen LogP contribution is -2.34. The molecule has 0 aliphatic heterocycles. The molecule has 2 amide bonds. The number of thiazole rings is 1. The van der Waals surface area contributed by atoms with Crippen molar-refractivity contribution in [3.8, 4) is 0 Å².